The number of hydrogen-bond acceptors (Lipinski definition) is 4. The quantitative estimate of drug-likeness (QED) is 0.853. The summed E-state index contributed by atoms with van der Waals surface area (Å²) in [4.78, 5) is 22.9. The number of esters is 1. The molecule has 0 saturated carbocycles. The van der Waals surface area contributed by atoms with Crippen LogP contribution >= 0.6 is 11.3 Å². The van der Waals surface area contributed by atoms with Gasteiger partial charge in [0, 0.05) is 12.2 Å². The van der Waals surface area contributed by atoms with Crippen LogP contribution in [0.15, 0.2) is 35.0 Å². The minimum Gasteiger partial charge on any atom is -0.465 e. The Morgan fingerprint density at radius 1 is 1.33 bits per heavy atom. The fraction of sp³-hybridized carbons (Fsp3) is 0.143. The third kappa shape index (κ3) is 4.03. The number of halogens is 1. The van der Waals surface area contributed by atoms with Crippen LogP contribution in [-0.4, -0.2) is 19.1 Å². The van der Waals surface area contributed by atoms with Crippen LogP contribution in [-0.2, 0) is 11.3 Å². The van der Waals surface area contributed by atoms with Crippen molar-refractivity contribution in [3.63, 3.8) is 0 Å². The summed E-state index contributed by atoms with van der Waals surface area (Å²) in [6.45, 7) is 0.387. The van der Waals surface area contributed by atoms with Gasteiger partial charge in [-0.1, -0.05) is 0 Å². The van der Waals surface area contributed by atoms with Crippen molar-refractivity contribution in [2.45, 2.75) is 6.54 Å². The second-order valence-corrected chi connectivity index (χ2v) is 4.91. The van der Waals surface area contributed by atoms with Gasteiger partial charge in [0.1, 0.15) is 5.82 Å². The SMILES string of the molecule is COC(=O)c1ccc(NC(=O)NCc2ccsc2)cc1F. The van der Waals surface area contributed by atoms with Crippen LogP contribution in [0.3, 0.4) is 0 Å². The average molecular weight is 308 g/mol. The lowest BCUT2D eigenvalue weighted by molar-refractivity contribution is 0.0595. The first-order valence-corrected chi connectivity index (χ1v) is 6.98. The molecule has 0 aliphatic carbocycles. The number of thiophene rings is 1. The molecule has 1 aromatic heterocycles. The molecule has 21 heavy (non-hydrogen) atoms. The van der Waals surface area contributed by atoms with Crippen molar-refractivity contribution in [3.8, 4) is 0 Å². The molecule has 0 fully saturated rings. The molecule has 0 bridgehead atoms. The number of rotatable bonds is 4. The summed E-state index contributed by atoms with van der Waals surface area (Å²) in [6, 6.07) is 5.20. The number of carbonyl (C=O) groups is 2. The zero-order chi connectivity index (χ0) is 15.2. The van der Waals surface area contributed by atoms with Crippen LogP contribution in [0.2, 0.25) is 0 Å². The molecule has 1 aromatic carbocycles. The highest BCUT2D eigenvalue weighted by Crippen LogP contribution is 2.15. The summed E-state index contributed by atoms with van der Waals surface area (Å²) in [5.74, 6) is -1.52. The molecule has 0 aliphatic heterocycles. The van der Waals surface area contributed by atoms with Crippen LogP contribution in [0.25, 0.3) is 0 Å². The highest BCUT2D eigenvalue weighted by atomic mass is 32.1. The Morgan fingerprint density at radius 2 is 2.14 bits per heavy atom. The van der Waals surface area contributed by atoms with E-state index >= 15 is 0 Å². The maximum absolute atomic E-state index is 13.7. The Bertz CT molecular complexity index is 644. The minimum atomic E-state index is -0.763. The average Bonchev–Trinajstić information content (AvgIpc) is 2.98. The van der Waals surface area contributed by atoms with Gasteiger partial charge in [-0.25, -0.2) is 14.0 Å². The molecule has 0 unspecified atom stereocenters. The van der Waals surface area contributed by atoms with E-state index < -0.39 is 17.8 Å². The van der Waals surface area contributed by atoms with Gasteiger partial charge in [0.25, 0.3) is 0 Å². The monoisotopic (exact) mass is 308 g/mol. The lowest BCUT2D eigenvalue weighted by Gasteiger charge is -2.08. The highest BCUT2D eigenvalue weighted by Gasteiger charge is 2.13. The molecule has 2 rings (SSSR count). The summed E-state index contributed by atoms with van der Waals surface area (Å²) < 4.78 is 18.1. The smallest absolute Gasteiger partial charge is 0.340 e. The van der Waals surface area contributed by atoms with E-state index in [4.69, 9.17) is 0 Å². The lowest BCUT2D eigenvalue weighted by Crippen LogP contribution is -2.28. The molecule has 0 saturated heterocycles. The van der Waals surface area contributed by atoms with Crippen molar-refractivity contribution in [1.29, 1.82) is 0 Å². The molecule has 5 nitrogen and oxygen atoms in total. The molecule has 0 spiro atoms. The molecule has 7 heteroatoms. The summed E-state index contributed by atoms with van der Waals surface area (Å²) in [5.41, 5.74) is 1.06. The Balaban J connectivity index is 1.94. The zero-order valence-electron chi connectivity index (χ0n) is 11.2. The maximum atomic E-state index is 13.7. The van der Waals surface area contributed by atoms with Gasteiger partial charge in [0.05, 0.1) is 12.7 Å². The molecule has 0 aliphatic rings. The molecule has 110 valence electrons. The second kappa shape index (κ2) is 6.85. The predicted molar refractivity (Wildman–Crippen MR) is 77.9 cm³/mol. The van der Waals surface area contributed by atoms with Gasteiger partial charge in [0.2, 0.25) is 0 Å². The highest BCUT2D eigenvalue weighted by molar-refractivity contribution is 7.07. The molecule has 0 radical (unpaired) electrons. The summed E-state index contributed by atoms with van der Waals surface area (Å²) >= 11 is 1.54. The number of ether oxygens (including phenoxy) is 1. The fourth-order valence-electron chi connectivity index (χ4n) is 1.62. The normalized spacial score (nSPS) is 10.0. The van der Waals surface area contributed by atoms with E-state index in [0.717, 1.165) is 11.6 Å². The van der Waals surface area contributed by atoms with Gasteiger partial charge in [-0.15, -0.1) is 0 Å². The van der Waals surface area contributed by atoms with Crippen molar-refractivity contribution in [2.24, 2.45) is 0 Å². The Hall–Kier alpha value is -2.41. The first-order valence-electron chi connectivity index (χ1n) is 6.04. The number of carbonyl (C=O) groups excluding carboxylic acids is 2. The van der Waals surface area contributed by atoms with E-state index in [1.165, 1.54) is 30.6 Å². The standard InChI is InChI=1S/C14H13FN2O3S/c1-20-13(18)11-3-2-10(6-12(11)15)17-14(19)16-7-9-4-5-21-8-9/h2-6,8H,7H2,1H3,(H2,16,17,19). The third-order valence-corrected chi connectivity index (χ3v) is 3.40. The topological polar surface area (TPSA) is 67.4 Å². The van der Waals surface area contributed by atoms with Crippen LogP contribution in [0, 0.1) is 5.82 Å². The Kier molecular flexibility index (Phi) is 4.89. The summed E-state index contributed by atoms with van der Waals surface area (Å²) in [7, 11) is 1.17. The summed E-state index contributed by atoms with van der Waals surface area (Å²) in [5, 5.41) is 8.97. The van der Waals surface area contributed by atoms with Gasteiger partial charge in [-0.2, -0.15) is 11.3 Å². The number of hydrogen-bond donors (Lipinski definition) is 2. The molecule has 2 N–H and O–H groups in total. The lowest BCUT2D eigenvalue weighted by atomic mass is 10.2. The van der Waals surface area contributed by atoms with Crippen LogP contribution in [0.5, 0.6) is 0 Å². The van der Waals surface area contributed by atoms with E-state index in [1.54, 1.807) is 0 Å². The Labute approximate surface area is 124 Å². The van der Waals surface area contributed by atoms with Gasteiger partial charge >= 0.3 is 12.0 Å². The fourth-order valence-corrected chi connectivity index (χ4v) is 2.29. The van der Waals surface area contributed by atoms with Crippen LogP contribution in [0.4, 0.5) is 14.9 Å². The van der Waals surface area contributed by atoms with Crippen molar-refractivity contribution in [2.75, 3.05) is 12.4 Å². The van der Waals surface area contributed by atoms with E-state index in [2.05, 4.69) is 15.4 Å². The maximum Gasteiger partial charge on any atom is 0.340 e. The first kappa shape index (κ1) is 15.0. The molecular weight excluding hydrogens is 295 g/mol. The molecular formula is C14H13FN2O3S. The van der Waals surface area contributed by atoms with Crippen LogP contribution in [0.1, 0.15) is 15.9 Å². The van der Waals surface area contributed by atoms with Crippen molar-refractivity contribution in [3.05, 3.63) is 52.0 Å². The molecule has 2 aromatic rings. The number of urea groups is 1. The number of methoxy groups -OCH3 is 1. The van der Waals surface area contributed by atoms with Crippen molar-refractivity contribution < 1.29 is 18.7 Å². The number of nitrogens with one attached hydrogen (secondary N) is 2. The van der Waals surface area contributed by atoms with Gasteiger partial charge < -0.3 is 15.4 Å². The number of benzene rings is 1. The number of amides is 2. The first-order chi connectivity index (χ1) is 10.1. The van der Waals surface area contributed by atoms with Crippen LogP contribution < -0.4 is 10.6 Å². The summed E-state index contributed by atoms with van der Waals surface area (Å²) in [6.07, 6.45) is 0. The number of anilines is 1. The van der Waals surface area contributed by atoms with Crippen molar-refractivity contribution >= 4 is 29.0 Å². The third-order valence-electron chi connectivity index (χ3n) is 2.67. The van der Waals surface area contributed by atoms with Crippen molar-refractivity contribution in [1.82, 2.24) is 5.32 Å². The van der Waals surface area contributed by atoms with E-state index in [-0.39, 0.29) is 11.3 Å². The van der Waals surface area contributed by atoms with E-state index in [9.17, 15) is 14.0 Å². The second-order valence-electron chi connectivity index (χ2n) is 4.13. The van der Waals surface area contributed by atoms with Gasteiger partial charge in [-0.3, -0.25) is 0 Å². The molecule has 1 heterocycles. The van der Waals surface area contributed by atoms with Gasteiger partial charge in [0.15, 0.2) is 0 Å². The largest absolute Gasteiger partial charge is 0.465 e. The minimum absolute atomic E-state index is 0.179. The van der Waals surface area contributed by atoms with Gasteiger partial charge in [-0.05, 0) is 40.6 Å². The Morgan fingerprint density at radius 3 is 2.76 bits per heavy atom. The molecule has 2 amide bonds. The van der Waals surface area contributed by atoms with E-state index in [0.29, 0.717) is 6.54 Å². The predicted octanol–water partition coefficient (Wildman–Crippen LogP) is 3.00. The molecule has 0 atom stereocenters. The zero-order valence-corrected chi connectivity index (χ0v) is 12.0. The van der Waals surface area contributed by atoms with E-state index in [1.807, 2.05) is 16.8 Å².